The summed E-state index contributed by atoms with van der Waals surface area (Å²) in [6.45, 7) is 3.69. The van der Waals surface area contributed by atoms with Crippen LogP contribution in [0.3, 0.4) is 0 Å². The molecule has 2 aromatic rings. The van der Waals surface area contributed by atoms with Gasteiger partial charge in [-0.3, -0.25) is 0 Å². The number of hydrogen-bond acceptors (Lipinski definition) is 5. The molecule has 0 saturated carbocycles. The van der Waals surface area contributed by atoms with Crippen LogP contribution in [-0.4, -0.2) is 27.5 Å². The Morgan fingerprint density at radius 3 is 2.60 bits per heavy atom. The SMILES string of the molecule is Cc1ccc(C)c(OCCNS(=O)(=O)c2cc(C(=O)[O-])ccc2F)c1. The number of aryl methyl sites for hydroxylation is 2. The van der Waals surface area contributed by atoms with E-state index in [1.54, 1.807) is 0 Å². The zero-order valence-corrected chi connectivity index (χ0v) is 14.5. The second kappa shape index (κ2) is 7.62. The smallest absolute Gasteiger partial charge is 0.243 e. The molecule has 0 aliphatic rings. The number of aromatic carboxylic acids is 1. The lowest BCUT2D eigenvalue weighted by Crippen LogP contribution is -2.30. The van der Waals surface area contributed by atoms with Gasteiger partial charge in [-0.2, -0.15) is 0 Å². The first-order valence-electron chi connectivity index (χ1n) is 7.41. The predicted octanol–water partition coefficient (Wildman–Crippen LogP) is 1.16. The molecule has 1 N–H and O–H groups in total. The lowest BCUT2D eigenvalue weighted by Gasteiger charge is -2.12. The molecule has 134 valence electrons. The van der Waals surface area contributed by atoms with E-state index in [4.69, 9.17) is 4.74 Å². The first kappa shape index (κ1) is 18.9. The van der Waals surface area contributed by atoms with Crippen molar-refractivity contribution in [3.8, 4) is 5.75 Å². The van der Waals surface area contributed by atoms with E-state index < -0.39 is 32.3 Å². The van der Waals surface area contributed by atoms with Gasteiger partial charge < -0.3 is 14.6 Å². The van der Waals surface area contributed by atoms with E-state index in [-0.39, 0.29) is 13.2 Å². The highest BCUT2D eigenvalue weighted by Gasteiger charge is 2.19. The largest absolute Gasteiger partial charge is 0.545 e. The molecule has 0 saturated heterocycles. The van der Waals surface area contributed by atoms with Crippen molar-refractivity contribution in [2.75, 3.05) is 13.2 Å². The quantitative estimate of drug-likeness (QED) is 0.742. The van der Waals surface area contributed by atoms with Crippen molar-refractivity contribution in [3.05, 3.63) is 58.9 Å². The van der Waals surface area contributed by atoms with E-state index in [2.05, 4.69) is 4.72 Å². The van der Waals surface area contributed by atoms with Gasteiger partial charge in [0.2, 0.25) is 10.0 Å². The fraction of sp³-hybridized carbons (Fsp3) is 0.235. The molecule has 0 heterocycles. The van der Waals surface area contributed by atoms with Crippen molar-refractivity contribution in [1.82, 2.24) is 4.72 Å². The number of ether oxygens (including phenoxy) is 1. The summed E-state index contributed by atoms with van der Waals surface area (Å²) in [5.41, 5.74) is 1.48. The van der Waals surface area contributed by atoms with Gasteiger partial charge in [0.1, 0.15) is 23.1 Å². The molecule has 0 aliphatic carbocycles. The number of rotatable bonds is 7. The molecule has 0 aromatic heterocycles. The summed E-state index contributed by atoms with van der Waals surface area (Å²) in [4.78, 5) is 10.1. The Morgan fingerprint density at radius 2 is 1.92 bits per heavy atom. The second-order valence-corrected chi connectivity index (χ2v) is 7.18. The van der Waals surface area contributed by atoms with Crippen molar-refractivity contribution in [2.24, 2.45) is 0 Å². The Kier molecular flexibility index (Phi) is 5.76. The van der Waals surface area contributed by atoms with Crippen molar-refractivity contribution in [2.45, 2.75) is 18.7 Å². The Bertz CT molecular complexity index is 896. The highest BCUT2D eigenvalue weighted by atomic mass is 32.2. The van der Waals surface area contributed by atoms with Gasteiger partial charge in [0.25, 0.3) is 0 Å². The summed E-state index contributed by atoms with van der Waals surface area (Å²) >= 11 is 0. The number of sulfonamides is 1. The van der Waals surface area contributed by atoms with E-state index in [9.17, 15) is 22.7 Å². The highest BCUT2D eigenvalue weighted by molar-refractivity contribution is 7.89. The minimum Gasteiger partial charge on any atom is -0.545 e. The van der Waals surface area contributed by atoms with Gasteiger partial charge in [0.05, 0.1) is 5.97 Å². The first-order valence-corrected chi connectivity index (χ1v) is 8.89. The third-order valence-electron chi connectivity index (χ3n) is 3.45. The number of nitrogens with one attached hydrogen (secondary N) is 1. The van der Waals surface area contributed by atoms with Crippen molar-refractivity contribution in [3.63, 3.8) is 0 Å². The van der Waals surface area contributed by atoms with Crippen LogP contribution >= 0.6 is 0 Å². The summed E-state index contributed by atoms with van der Waals surface area (Å²) in [5, 5.41) is 10.8. The van der Waals surface area contributed by atoms with Gasteiger partial charge in [0.15, 0.2) is 0 Å². The van der Waals surface area contributed by atoms with Crippen LogP contribution in [0.1, 0.15) is 21.5 Å². The standard InChI is InChI=1S/C17H18FNO5S/c1-11-3-4-12(2)15(9-11)24-8-7-19-25(22,23)16-10-13(17(20)21)5-6-14(16)18/h3-6,9-10,19H,7-8H2,1-2H3,(H,20,21)/p-1. The Hall–Kier alpha value is -2.45. The minimum atomic E-state index is -4.22. The highest BCUT2D eigenvalue weighted by Crippen LogP contribution is 2.19. The molecule has 0 bridgehead atoms. The maximum atomic E-state index is 13.7. The maximum Gasteiger partial charge on any atom is 0.243 e. The van der Waals surface area contributed by atoms with Crippen LogP contribution in [0.15, 0.2) is 41.3 Å². The van der Waals surface area contributed by atoms with Gasteiger partial charge in [-0.25, -0.2) is 17.5 Å². The average molecular weight is 366 g/mol. The van der Waals surface area contributed by atoms with Crippen LogP contribution in [-0.2, 0) is 10.0 Å². The molecule has 0 aliphatic heterocycles. The minimum absolute atomic E-state index is 0.0331. The van der Waals surface area contributed by atoms with E-state index >= 15 is 0 Å². The number of carboxylic acids is 1. The number of carboxylic acid groups (broad SMARTS) is 1. The van der Waals surface area contributed by atoms with E-state index in [1.807, 2.05) is 32.0 Å². The van der Waals surface area contributed by atoms with E-state index in [0.717, 1.165) is 29.3 Å². The van der Waals surface area contributed by atoms with Crippen molar-refractivity contribution in [1.29, 1.82) is 0 Å². The number of carbonyl (C=O) groups is 1. The molecule has 0 atom stereocenters. The topological polar surface area (TPSA) is 95.5 Å². The summed E-state index contributed by atoms with van der Waals surface area (Å²) in [6.07, 6.45) is 0. The van der Waals surface area contributed by atoms with Crippen LogP contribution in [0.5, 0.6) is 5.75 Å². The van der Waals surface area contributed by atoms with Gasteiger partial charge >= 0.3 is 0 Å². The fourth-order valence-electron chi connectivity index (χ4n) is 2.11. The molecule has 0 unspecified atom stereocenters. The van der Waals surface area contributed by atoms with Crippen LogP contribution in [0, 0.1) is 19.7 Å². The summed E-state index contributed by atoms with van der Waals surface area (Å²) in [5.74, 6) is -2.01. The van der Waals surface area contributed by atoms with Gasteiger partial charge in [-0.15, -0.1) is 0 Å². The number of halogens is 1. The fourth-order valence-corrected chi connectivity index (χ4v) is 3.23. The van der Waals surface area contributed by atoms with Crippen LogP contribution < -0.4 is 14.6 Å². The molecular formula is C17H17FNO5S-. The summed E-state index contributed by atoms with van der Waals surface area (Å²) < 4.78 is 45.7. The number of benzene rings is 2. The Morgan fingerprint density at radius 1 is 1.20 bits per heavy atom. The lowest BCUT2D eigenvalue weighted by atomic mass is 10.1. The summed E-state index contributed by atoms with van der Waals surface area (Å²) in [6, 6.07) is 8.07. The molecular weight excluding hydrogens is 349 g/mol. The molecule has 6 nitrogen and oxygen atoms in total. The normalized spacial score (nSPS) is 11.3. The molecule has 2 rings (SSSR count). The number of carbonyl (C=O) groups excluding carboxylic acids is 1. The van der Waals surface area contributed by atoms with Crippen molar-refractivity contribution >= 4 is 16.0 Å². The zero-order valence-electron chi connectivity index (χ0n) is 13.7. The Balaban J connectivity index is 2.04. The molecule has 0 spiro atoms. The van der Waals surface area contributed by atoms with Crippen LogP contribution in [0.4, 0.5) is 4.39 Å². The maximum absolute atomic E-state index is 13.7. The lowest BCUT2D eigenvalue weighted by molar-refractivity contribution is -0.255. The van der Waals surface area contributed by atoms with E-state index in [1.165, 1.54) is 0 Å². The van der Waals surface area contributed by atoms with Crippen LogP contribution in [0.2, 0.25) is 0 Å². The number of hydrogen-bond donors (Lipinski definition) is 1. The monoisotopic (exact) mass is 366 g/mol. The molecule has 0 fully saturated rings. The van der Waals surface area contributed by atoms with Crippen molar-refractivity contribution < 1.29 is 27.4 Å². The third-order valence-corrected chi connectivity index (χ3v) is 4.93. The van der Waals surface area contributed by atoms with Gasteiger partial charge in [-0.05, 0) is 48.7 Å². The first-order chi connectivity index (χ1) is 11.7. The Labute approximate surface area is 145 Å². The summed E-state index contributed by atoms with van der Waals surface area (Å²) in [7, 11) is -4.22. The van der Waals surface area contributed by atoms with Crippen LogP contribution in [0.25, 0.3) is 0 Å². The molecule has 25 heavy (non-hydrogen) atoms. The van der Waals surface area contributed by atoms with Gasteiger partial charge in [0, 0.05) is 6.54 Å². The zero-order chi connectivity index (χ0) is 18.6. The van der Waals surface area contributed by atoms with Gasteiger partial charge in [-0.1, -0.05) is 18.2 Å². The van der Waals surface area contributed by atoms with E-state index in [0.29, 0.717) is 5.75 Å². The molecule has 0 amide bonds. The predicted molar refractivity (Wildman–Crippen MR) is 87.3 cm³/mol. The molecule has 2 aromatic carbocycles. The third kappa shape index (κ3) is 4.77. The average Bonchev–Trinajstić information content (AvgIpc) is 2.54. The molecule has 8 heteroatoms. The molecule has 0 radical (unpaired) electrons. The second-order valence-electron chi connectivity index (χ2n) is 5.45.